The molecule has 7 nitrogen and oxygen atoms in total. The van der Waals surface area contributed by atoms with Gasteiger partial charge in [0.1, 0.15) is 6.17 Å². The summed E-state index contributed by atoms with van der Waals surface area (Å²) in [6.45, 7) is 1.95. The minimum Gasteiger partial charge on any atom is -0.619 e. The first-order chi connectivity index (χ1) is 14.5. The van der Waals surface area contributed by atoms with Crippen molar-refractivity contribution in [2.24, 2.45) is 5.92 Å². The van der Waals surface area contributed by atoms with Gasteiger partial charge in [0.15, 0.2) is 17.5 Å². The molecule has 12 heteroatoms. The van der Waals surface area contributed by atoms with Gasteiger partial charge >= 0.3 is 12.1 Å². The fourth-order valence-corrected chi connectivity index (χ4v) is 3.54. The van der Waals surface area contributed by atoms with E-state index in [1.165, 1.54) is 23.7 Å². The van der Waals surface area contributed by atoms with E-state index in [2.05, 4.69) is 10.3 Å². The number of carboxylic acid groups (broad SMARTS) is 1. The summed E-state index contributed by atoms with van der Waals surface area (Å²) in [5.41, 5.74) is 3.53. The van der Waals surface area contributed by atoms with Crippen molar-refractivity contribution in [1.29, 1.82) is 0 Å². The number of anilines is 1. The number of rotatable bonds is 3. The van der Waals surface area contributed by atoms with E-state index in [9.17, 15) is 27.6 Å². The zero-order chi connectivity index (χ0) is 22.9. The number of aryl methyl sites for hydroxylation is 1. The lowest BCUT2D eigenvalue weighted by atomic mass is 10.0. The number of carboxylic acids is 1. The van der Waals surface area contributed by atoms with Crippen molar-refractivity contribution in [1.82, 2.24) is 4.98 Å². The fourth-order valence-electron chi connectivity index (χ4n) is 2.63. The number of nitrogens with one attached hydrogen (secondary N) is 1. The molecule has 1 aliphatic carbocycles. The van der Waals surface area contributed by atoms with Gasteiger partial charge < -0.3 is 15.6 Å². The van der Waals surface area contributed by atoms with Gasteiger partial charge in [0.05, 0.1) is 16.1 Å². The largest absolute Gasteiger partial charge is 0.619 e. The molecule has 1 saturated carbocycles. The first-order valence-corrected chi connectivity index (χ1v) is 9.63. The standard InChI is InChI=1S/C17H14FN3O2S.C2HF3O2/c1-9-4-5-21(23)8-12(9)10-2-3-14-15(6-10)24-17(19-14)20-16(22)11-7-13(11)18;3-2(4,5)1(6)7/h2-6,8,11,13H,7H2,1H3,(H,19,20,22);(H,6,7)/t11-,13+;/m1./s1. The molecule has 1 fully saturated rings. The third kappa shape index (κ3) is 5.45. The van der Waals surface area contributed by atoms with Crippen molar-refractivity contribution in [2.45, 2.75) is 25.7 Å². The molecule has 0 unspecified atom stereocenters. The van der Waals surface area contributed by atoms with Gasteiger partial charge in [0.2, 0.25) is 5.91 Å². The lowest BCUT2D eigenvalue weighted by Gasteiger charge is -2.05. The molecule has 2 N–H and O–H groups in total. The van der Waals surface area contributed by atoms with Crippen LogP contribution in [0.25, 0.3) is 21.3 Å². The molecule has 1 aliphatic rings. The normalized spacial score (nSPS) is 17.6. The number of aromatic nitrogens is 2. The maximum atomic E-state index is 12.9. The molecule has 2 atom stereocenters. The molecule has 164 valence electrons. The van der Waals surface area contributed by atoms with Gasteiger partial charge in [-0.15, -0.1) is 0 Å². The minimum absolute atomic E-state index is 0.295. The summed E-state index contributed by atoms with van der Waals surface area (Å²) in [4.78, 5) is 25.1. The van der Waals surface area contributed by atoms with Crippen LogP contribution in [-0.4, -0.2) is 34.3 Å². The van der Waals surface area contributed by atoms with E-state index in [0.717, 1.165) is 31.6 Å². The van der Waals surface area contributed by atoms with Crippen LogP contribution in [0.5, 0.6) is 0 Å². The summed E-state index contributed by atoms with van der Waals surface area (Å²) >= 11 is 1.34. The number of thiazole rings is 1. The Bertz CT molecular complexity index is 1150. The van der Waals surface area contributed by atoms with E-state index in [1.54, 1.807) is 6.07 Å². The predicted molar refractivity (Wildman–Crippen MR) is 104 cm³/mol. The second kappa shape index (κ2) is 8.46. The van der Waals surface area contributed by atoms with Crippen LogP contribution in [0.1, 0.15) is 12.0 Å². The van der Waals surface area contributed by atoms with Gasteiger partial charge in [-0.2, -0.15) is 17.9 Å². The van der Waals surface area contributed by atoms with Gasteiger partial charge in [0, 0.05) is 11.6 Å². The van der Waals surface area contributed by atoms with Crippen LogP contribution in [0, 0.1) is 18.0 Å². The Hall–Kier alpha value is -3.28. The maximum absolute atomic E-state index is 12.9. The number of pyridine rings is 1. The molecule has 0 aliphatic heterocycles. The Morgan fingerprint density at radius 2 is 1.97 bits per heavy atom. The summed E-state index contributed by atoms with van der Waals surface area (Å²) in [6.07, 6.45) is -2.81. The number of hydrogen-bond acceptors (Lipinski definition) is 5. The van der Waals surface area contributed by atoms with Gasteiger partial charge in [-0.3, -0.25) is 4.79 Å². The molecule has 0 bridgehead atoms. The average Bonchev–Trinajstić information content (AvgIpc) is 3.28. The van der Waals surface area contributed by atoms with Crippen LogP contribution in [0.3, 0.4) is 0 Å². The highest BCUT2D eigenvalue weighted by Gasteiger charge is 2.43. The number of alkyl halides is 4. The molecule has 1 aromatic carbocycles. The zero-order valence-corrected chi connectivity index (χ0v) is 16.6. The van der Waals surface area contributed by atoms with Crippen LogP contribution in [0.15, 0.2) is 36.7 Å². The third-order valence-electron chi connectivity index (χ3n) is 4.37. The molecule has 4 rings (SSSR count). The molecule has 31 heavy (non-hydrogen) atoms. The van der Waals surface area contributed by atoms with E-state index in [4.69, 9.17) is 9.90 Å². The number of carbonyl (C=O) groups is 2. The first-order valence-electron chi connectivity index (χ1n) is 8.81. The van der Waals surface area contributed by atoms with E-state index < -0.39 is 24.2 Å². The van der Waals surface area contributed by atoms with Crippen LogP contribution in [-0.2, 0) is 9.59 Å². The molecule has 0 saturated heterocycles. The first kappa shape index (κ1) is 22.4. The fraction of sp³-hybridized carbons (Fsp3) is 0.263. The SMILES string of the molecule is Cc1cc[n+]([O-])cc1-c1ccc2nc(NC(=O)[C@@H]3C[C@@H]3F)sc2c1.O=C(O)C(F)(F)F. The minimum atomic E-state index is -5.08. The van der Waals surface area contributed by atoms with Gasteiger partial charge in [-0.05, 0) is 36.6 Å². The lowest BCUT2D eigenvalue weighted by Crippen LogP contribution is -2.24. The zero-order valence-electron chi connectivity index (χ0n) is 15.8. The lowest BCUT2D eigenvalue weighted by molar-refractivity contribution is -0.604. The van der Waals surface area contributed by atoms with Gasteiger partial charge in [-0.25, -0.2) is 14.2 Å². The number of aliphatic carboxylic acids is 1. The molecule has 2 aromatic heterocycles. The number of amides is 1. The van der Waals surface area contributed by atoms with Crippen LogP contribution in [0.4, 0.5) is 22.7 Å². The van der Waals surface area contributed by atoms with Crippen LogP contribution >= 0.6 is 11.3 Å². The van der Waals surface area contributed by atoms with Crippen molar-refractivity contribution in [3.05, 3.63) is 47.4 Å². The molecule has 2 heterocycles. The Morgan fingerprint density at radius 3 is 2.55 bits per heavy atom. The third-order valence-corrected chi connectivity index (χ3v) is 5.31. The van der Waals surface area contributed by atoms with Crippen LogP contribution < -0.4 is 10.0 Å². The molecule has 0 radical (unpaired) electrons. The highest BCUT2D eigenvalue weighted by Crippen LogP contribution is 2.36. The summed E-state index contributed by atoms with van der Waals surface area (Å²) in [5, 5.41) is 21.8. The monoisotopic (exact) mass is 457 g/mol. The molecular weight excluding hydrogens is 442 g/mol. The number of carbonyl (C=O) groups excluding carboxylic acids is 1. The highest BCUT2D eigenvalue weighted by atomic mass is 32.1. The summed E-state index contributed by atoms with van der Waals surface area (Å²) in [7, 11) is 0. The van der Waals surface area contributed by atoms with Crippen molar-refractivity contribution in [3.63, 3.8) is 0 Å². The molecular formula is C19H15F4N3O4S. The quantitative estimate of drug-likeness (QED) is 0.353. The Morgan fingerprint density at radius 1 is 1.32 bits per heavy atom. The number of benzene rings is 1. The Balaban J connectivity index is 0.000000339. The number of halogens is 4. The van der Waals surface area contributed by atoms with Gasteiger partial charge in [0.25, 0.3) is 0 Å². The van der Waals surface area contributed by atoms with Crippen molar-refractivity contribution < 1.29 is 37.0 Å². The van der Waals surface area contributed by atoms with Gasteiger partial charge in [-0.1, -0.05) is 17.4 Å². The topological polar surface area (TPSA) is 106 Å². The molecule has 1 amide bonds. The smallest absolute Gasteiger partial charge is 0.490 e. The summed E-state index contributed by atoms with van der Waals surface area (Å²) in [6, 6.07) is 7.47. The van der Waals surface area contributed by atoms with E-state index in [0.29, 0.717) is 11.6 Å². The molecule has 0 spiro atoms. The maximum Gasteiger partial charge on any atom is 0.490 e. The second-order valence-corrected chi connectivity index (χ2v) is 7.78. The van der Waals surface area contributed by atoms with E-state index >= 15 is 0 Å². The number of fused-ring (bicyclic) bond motifs is 1. The Labute approximate surface area is 176 Å². The second-order valence-electron chi connectivity index (χ2n) is 6.75. The van der Waals surface area contributed by atoms with Crippen molar-refractivity contribution >= 4 is 38.6 Å². The summed E-state index contributed by atoms with van der Waals surface area (Å²) in [5.74, 6) is -3.60. The molecule has 3 aromatic rings. The van der Waals surface area contributed by atoms with Crippen LogP contribution in [0.2, 0.25) is 0 Å². The van der Waals surface area contributed by atoms with Crippen molar-refractivity contribution in [3.8, 4) is 11.1 Å². The predicted octanol–water partition coefficient (Wildman–Crippen LogP) is 3.83. The van der Waals surface area contributed by atoms with E-state index in [-0.39, 0.29) is 5.91 Å². The van der Waals surface area contributed by atoms with E-state index in [1.807, 2.05) is 25.1 Å². The average molecular weight is 457 g/mol. The number of hydrogen-bond donors (Lipinski definition) is 2. The summed E-state index contributed by atoms with van der Waals surface area (Å²) < 4.78 is 46.3. The Kier molecular flexibility index (Phi) is 6.11. The number of nitrogens with zero attached hydrogens (tertiary/aromatic N) is 2. The highest BCUT2D eigenvalue weighted by molar-refractivity contribution is 7.22. The van der Waals surface area contributed by atoms with Crippen molar-refractivity contribution in [2.75, 3.05) is 5.32 Å².